The van der Waals surface area contributed by atoms with E-state index < -0.39 is 11.9 Å². The maximum atomic E-state index is 12.8. The molecular weight excluding hydrogens is 372 g/mol. The summed E-state index contributed by atoms with van der Waals surface area (Å²) >= 11 is 0. The van der Waals surface area contributed by atoms with Crippen molar-refractivity contribution in [2.45, 2.75) is 19.4 Å². The first-order valence-corrected chi connectivity index (χ1v) is 9.14. The zero-order valence-corrected chi connectivity index (χ0v) is 16.0. The van der Waals surface area contributed by atoms with Gasteiger partial charge in [0.2, 0.25) is 11.7 Å². The van der Waals surface area contributed by atoms with Gasteiger partial charge in [-0.1, -0.05) is 30.3 Å². The van der Waals surface area contributed by atoms with Crippen LogP contribution < -0.4 is 15.0 Å². The quantitative estimate of drug-likeness (QED) is 0.691. The van der Waals surface area contributed by atoms with Crippen molar-refractivity contribution < 1.29 is 14.3 Å². The molecule has 1 aliphatic heterocycles. The van der Waals surface area contributed by atoms with Gasteiger partial charge in [0.15, 0.2) is 0 Å². The van der Waals surface area contributed by atoms with Crippen LogP contribution in [0.1, 0.15) is 27.6 Å². The lowest BCUT2D eigenvalue weighted by atomic mass is 10.1. The molecule has 2 aromatic heterocycles. The number of ether oxygens (including phenoxy) is 1. The normalized spacial score (nSPS) is 16.0. The second-order valence-corrected chi connectivity index (χ2v) is 6.84. The second kappa shape index (κ2) is 7.70. The minimum Gasteiger partial charge on any atom is -0.473 e. The summed E-state index contributed by atoms with van der Waals surface area (Å²) in [5, 5.41) is 9.39. The molecular formula is C20H20N6O3. The molecule has 148 valence electrons. The minimum absolute atomic E-state index is 0.0258. The van der Waals surface area contributed by atoms with Crippen LogP contribution in [-0.2, 0) is 11.2 Å². The lowest BCUT2D eigenvalue weighted by Crippen LogP contribution is -2.49. The molecule has 1 aliphatic rings. The fraction of sp³-hybridized carbons (Fsp3) is 0.250. The Morgan fingerprint density at radius 2 is 2.14 bits per heavy atom. The number of aryl methyl sites for hydroxylation is 1. The van der Waals surface area contributed by atoms with Crippen LogP contribution in [0.2, 0.25) is 0 Å². The number of hydrogen-bond acceptors (Lipinski definition) is 6. The van der Waals surface area contributed by atoms with Gasteiger partial charge in [-0.05, 0) is 24.1 Å². The van der Waals surface area contributed by atoms with Crippen LogP contribution in [0.15, 0.2) is 42.6 Å². The second-order valence-electron chi connectivity index (χ2n) is 6.84. The van der Waals surface area contributed by atoms with Crippen LogP contribution in [0.25, 0.3) is 0 Å². The Bertz CT molecular complexity index is 1050. The van der Waals surface area contributed by atoms with Gasteiger partial charge in [-0.2, -0.15) is 0 Å². The molecule has 0 saturated carbocycles. The van der Waals surface area contributed by atoms with Gasteiger partial charge in [-0.25, -0.2) is 9.97 Å². The Morgan fingerprint density at radius 3 is 2.93 bits per heavy atom. The summed E-state index contributed by atoms with van der Waals surface area (Å²) < 4.78 is 5.64. The van der Waals surface area contributed by atoms with Gasteiger partial charge in [0.05, 0.1) is 0 Å². The largest absolute Gasteiger partial charge is 0.473 e. The predicted octanol–water partition coefficient (Wildman–Crippen LogP) is 1.25. The molecule has 0 saturated heterocycles. The fourth-order valence-corrected chi connectivity index (χ4v) is 3.07. The third kappa shape index (κ3) is 3.93. The minimum atomic E-state index is -0.877. The molecule has 29 heavy (non-hydrogen) atoms. The van der Waals surface area contributed by atoms with E-state index >= 15 is 0 Å². The van der Waals surface area contributed by atoms with Gasteiger partial charge in [-0.15, -0.1) is 5.10 Å². The first kappa shape index (κ1) is 18.6. The van der Waals surface area contributed by atoms with E-state index in [9.17, 15) is 9.59 Å². The van der Waals surface area contributed by atoms with E-state index in [1.54, 1.807) is 13.2 Å². The van der Waals surface area contributed by atoms with Crippen molar-refractivity contribution in [3.8, 4) is 5.88 Å². The molecule has 9 nitrogen and oxygen atoms in total. The number of fused-ring (bicyclic) bond motifs is 1. The van der Waals surface area contributed by atoms with Crippen LogP contribution in [0.3, 0.4) is 0 Å². The smallest absolute Gasteiger partial charge is 0.291 e. The van der Waals surface area contributed by atoms with Crippen molar-refractivity contribution in [2.24, 2.45) is 0 Å². The highest BCUT2D eigenvalue weighted by Gasteiger charge is 2.32. The van der Waals surface area contributed by atoms with Crippen LogP contribution in [-0.4, -0.2) is 51.7 Å². The molecule has 4 rings (SSSR count). The molecule has 1 atom stereocenters. The lowest BCUT2D eigenvalue weighted by Gasteiger charge is -2.19. The van der Waals surface area contributed by atoms with Crippen LogP contribution in [0, 0.1) is 6.92 Å². The number of pyridine rings is 1. The Labute approximate surface area is 167 Å². The van der Waals surface area contributed by atoms with E-state index in [1.165, 1.54) is 4.90 Å². The van der Waals surface area contributed by atoms with Crippen molar-refractivity contribution >= 4 is 17.5 Å². The number of nitrogens with one attached hydrogen (secondary N) is 2. The highest BCUT2D eigenvalue weighted by atomic mass is 16.5. The summed E-state index contributed by atoms with van der Waals surface area (Å²) in [7, 11) is 1.63. The van der Waals surface area contributed by atoms with E-state index in [4.69, 9.17) is 4.74 Å². The first-order chi connectivity index (χ1) is 14.0. The van der Waals surface area contributed by atoms with Crippen molar-refractivity contribution in [3.05, 3.63) is 65.4 Å². The summed E-state index contributed by atoms with van der Waals surface area (Å²) in [4.78, 5) is 35.2. The number of amides is 2. The summed E-state index contributed by atoms with van der Waals surface area (Å²) in [6.45, 7) is 1.85. The van der Waals surface area contributed by atoms with Crippen molar-refractivity contribution in [2.75, 3.05) is 18.6 Å². The molecule has 3 aromatic rings. The van der Waals surface area contributed by atoms with Gasteiger partial charge in [0, 0.05) is 19.7 Å². The number of carbonyl (C=O) groups excluding carboxylic acids is 2. The third-order valence-corrected chi connectivity index (χ3v) is 4.60. The zero-order valence-electron chi connectivity index (χ0n) is 16.0. The number of carbonyl (C=O) groups is 2. The third-order valence-electron chi connectivity index (χ3n) is 4.60. The molecule has 0 radical (unpaired) electrons. The molecule has 0 aliphatic carbocycles. The van der Waals surface area contributed by atoms with Gasteiger partial charge < -0.3 is 15.0 Å². The molecule has 3 heterocycles. The molecule has 0 spiro atoms. The van der Waals surface area contributed by atoms with Crippen LogP contribution in [0.5, 0.6) is 5.88 Å². The molecule has 2 N–H and O–H groups in total. The Morgan fingerprint density at radius 1 is 1.34 bits per heavy atom. The SMILES string of the molecule is Cc1cnc2c(c1)N(C)C(=O)[C@H](NC(=O)c1n[nH]c(Cc3ccccc3)n1)CO2. The summed E-state index contributed by atoms with van der Waals surface area (Å²) in [5.74, 6) is 0.0397. The predicted molar refractivity (Wildman–Crippen MR) is 105 cm³/mol. The Kier molecular flexibility index (Phi) is 4.94. The number of hydrogen-bond donors (Lipinski definition) is 2. The molecule has 2 amide bonds. The number of H-pyrrole nitrogens is 1. The molecule has 1 aromatic carbocycles. The van der Waals surface area contributed by atoms with Crippen molar-refractivity contribution in [1.82, 2.24) is 25.5 Å². The first-order valence-electron chi connectivity index (χ1n) is 9.14. The number of aromatic amines is 1. The Hall–Kier alpha value is -3.75. The van der Waals surface area contributed by atoms with E-state index in [-0.39, 0.29) is 18.3 Å². The molecule has 0 bridgehead atoms. The van der Waals surface area contributed by atoms with E-state index in [0.717, 1.165) is 11.1 Å². The number of likely N-dealkylation sites (N-methyl/N-ethyl adjacent to an activating group) is 1. The van der Waals surface area contributed by atoms with Crippen LogP contribution >= 0.6 is 0 Å². The highest BCUT2D eigenvalue weighted by molar-refractivity contribution is 6.02. The lowest BCUT2D eigenvalue weighted by molar-refractivity contribution is -0.120. The topological polar surface area (TPSA) is 113 Å². The molecule has 0 fully saturated rings. The van der Waals surface area contributed by atoms with Crippen molar-refractivity contribution in [1.29, 1.82) is 0 Å². The summed E-state index contributed by atoms with van der Waals surface area (Å²) in [6, 6.07) is 10.7. The van der Waals surface area contributed by atoms with Crippen molar-refractivity contribution in [3.63, 3.8) is 0 Å². The average Bonchev–Trinajstić information content (AvgIpc) is 3.16. The van der Waals surface area contributed by atoms with Crippen LogP contribution in [0.4, 0.5) is 5.69 Å². The molecule has 9 heteroatoms. The van der Waals surface area contributed by atoms with E-state index in [1.807, 2.05) is 43.3 Å². The highest BCUT2D eigenvalue weighted by Crippen LogP contribution is 2.28. The standard InChI is InChI=1S/C20H20N6O3/c1-12-8-15-19(21-10-12)29-11-14(20(28)26(15)2)22-18(27)17-23-16(24-25-17)9-13-6-4-3-5-7-13/h3-8,10,14H,9,11H2,1-2H3,(H,22,27)(H,23,24,25)/t14-/m1/s1. The van der Waals surface area contributed by atoms with Gasteiger partial charge in [0.25, 0.3) is 11.8 Å². The van der Waals surface area contributed by atoms with Gasteiger partial charge in [-0.3, -0.25) is 14.7 Å². The number of benzene rings is 1. The van der Waals surface area contributed by atoms with E-state index in [2.05, 4.69) is 25.5 Å². The summed E-state index contributed by atoms with van der Waals surface area (Å²) in [6.07, 6.45) is 2.19. The van der Waals surface area contributed by atoms with Gasteiger partial charge in [0.1, 0.15) is 24.2 Å². The zero-order chi connectivity index (χ0) is 20.4. The Balaban J connectivity index is 1.45. The number of aromatic nitrogens is 4. The maximum Gasteiger partial charge on any atom is 0.291 e. The fourth-order valence-electron chi connectivity index (χ4n) is 3.07. The number of nitrogens with zero attached hydrogens (tertiary/aromatic N) is 4. The average molecular weight is 392 g/mol. The summed E-state index contributed by atoms with van der Waals surface area (Å²) in [5.41, 5.74) is 2.51. The monoisotopic (exact) mass is 392 g/mol. The van der Waals surface area contributed by atoms with E-state index in [0.29, 0.717) is 23.8 Å². The number of anilines is 1. The molecule has 0 unspecified atom stereocenters. The number of rotatable bonds is 4. The maximum absolute atomic E-state index is 12.8. The van der Waals surface area contributed by atoms with Gasteiger partial charge >= 0.3 is 0 Å².